The second-order valence-electron chi connectivity index (χ2n) is 3.89. The molecular weight excluding hydrogens is 269 g/mol. The van der Waals surface area contributed by atoms with E-state index in [-0.39, 0.29) is 5.88 Å². The van der Waals surface area contributed by atoms with E-state index in [0.717, 1.165) is 11.8 Å². The number of nitrogens with zero attached hydrogens (tertiary/aromatic N) is 2. The summed E-state index contributed by atoms with van der Waals surface area (Å²) in [4.78, 5) is 7.77. The largest absolute Gasteiger partial charge is 0.436 e. The number of halogens is 2. The third kappa shape index (κ3) is 3.32. The van der Waals surface area contributed by atoms with E-state index in [0.29, 0.717) is 23.3 Å². The van der Waals surface area contributed by atoms with Gasteiger partial charge in [-0.3, -0.25) is 0 Å². The fraction of sp³-hybridized carbons (Fsp3) is 0.231. The predicted octanol–water partition coefficient (Wildman–Crippen LogP) is 3.80. The summed E-state index contributed by atoms with van der Waals surface area (Å²) in [5.74, 6) is 0.0310. The lowest BCUT2D eigenvalue weighted by atomic mass is 10.2. The Hall–Kier alpha value is -1.88. The highest BCUT2D eigenvalue weighted by Gasteiger charge is 2.11. The maximum Gasteiger partial charge on any atom is 0.260 e. The van der Waals surface area contributed by atoms with Gasteiger partial charge in [-0.2, -0.15) is 9.37 Å². The van der Waals surface area contributed by atoms with Crippen LogP contribution in [0.1, 0.15) is 12.5 Å². The Balaban J connectivity index is 2.31. The smallest absolute Gasteiger partial charge is 0.260 e. The number of hydrogen-bond donors (Lipinski definition) is 1. The summed E-state index contributed by atoms with van der Waals surface area (Å²) in [5.41, 5.74) is 0.840. The van der Waals surface area contributed by atoms with Crippen molar-refractivity contribution in [2.45, 2.75) is 13.8 Å². The molecule has 100 valence electrons. The van der Waals surface area contributed by atoms with Crippen LogP contribution >= 0.6 is 11.6 Å². The maximum atomic E-state index is 13.6. The lowest BCUT2D eigenvalue weighted by molar-refractivity contribution is 0.418. The molecule has 1 heterocycles. The quantitative estimate of drug-likeness (QED) is 0.926. The highest BCUT2D eigenvalue weighted by atomic mass is 35.5. The van der Waals surface area contributed by atoms with Crippen molar-refractivity contribution in [3.63, 3.8) is 0 Å². The Morgan fingerprint density at radius 2 is 2.21 bits per heavy atom. The van der Waals surface area contributed by atoms with Gasteiger partial charge in [-0.05, 0) is 31.5 Å². The van der Waals surface area contributed by atoms with E-state index in [1.807, 2.05) is 13.8 Å². The van der Waals surface area contributed by atoms with Crippen molar-refractivity contribution < 1.29 is 9.13 Å². The molecule has 0 aliphatic carbocycles. The van der Waals surface area contributed by atoms with Gasteiger partial charge in [-0.25, -0.2) is 4.98 Å². The van der Waals surface area contributed by atoms with E-state index in [2.05, 4.69) is 15.3 Å². The highest BCUT2D eigenvalue weighted by molar-refractivity contribution is 6.30. The number of aromatic nitrogens is 2. The van der Waals surface area contributed by atoms with Crippen LogP contribution in [-0.4, -0.2) is 16.5 Å². The first kappa shape index (κ1) is 13.5. The fourth-order valence-corrected chi connectivity index (χ4v) is 1.62. The summed E-state index contributed by atoms with van der Waals surface area (Å²) < 4.78 is 19.1. The molecule has 0 fully saturated rings. The van der Waals surface area contributed by atoms with Gasteiger partial charge in [0.25, 0.3) is 5.88 Å². The summed E-state index contributed by atoms with van der Waals surface area (Å²) in [6, 6.07) is 5.15. The Kier molecular flexibility index (Phi) is 4.16. The van der Waals surface area contributed by atoms with Crippen LogP contribution < -0.4 is 10.1 Å². The van der Waals surface area contributed by atoms with Crippen LogP contribution in [0.15, 0.2) is 24.4 Å². The topological polar surface area (TPSA) is 47.0 Å². The van der Waals surface area contributed by atoms with Crippen LogP contribution in [0.3, 0.4) is 0 Å². The minimum Gasteiger partial charge on any atom is -0.436 e. The fourth-order valence-electron chi connectivity index (χ4n) is 1.45. The van der Waals surface area contributed by atoms with Crippen LogP contribution in [0, 0.1) is 12.7 Å². The van der Waals surface area contributed by atoms with Gasteiger partial charge in [0.05, 0.1) is 6.20 Å². The average Bonchev–Trinajstić information content (AvgIpc) is 2.38. The average molecular weight is 282 g/mol. The Morgan fingerprint density at radius 1 is 1.42 bits per heavy atom. The molecule has 0 aliphatic rings. The molecule has 19 heavy (non-hydrogen) atoms. The van der Waals surface area contributed by atoms with Crippen molar-refractivity contribution in [1.29, 1.82) is 0 Å². The van der Waals surface area contributed by atoms with Gasteiger partial charge >= 0.3 is 0 Å². The molecule has 0 amide bonds. The number of ether oxygens (including phenoxy) is 1. The van der Waals surface area contributed by atoms with E-state index >= 15 is 0 Å². The second-order valence-corrected chi connectivity index (χ2v) is 4.33. The van der Waals surface area contributed by atoms with Crippen LogP contribution in [-0.2, 0) is 0 Å². The third-order valence-corrected chi connectivity index (χ3v) is 2.64. The lowest BCUT2D eigenvalue weighted by Crippen LogP contribution is -2.04. The standard InChI is InChI=1S/C13H13ClFN3O/c1-3-16-13-17-7-10(15)12(18-13)19-11-6-9(14)5-4-8(11)2/h4-7H,3H2,1-2H3,(H,16,17,18). The van der Waals surface area contributed by atoms with Crippen LogP contribution in [0.5, 0.6) is 11.6 Å². The summed E-state index contributed by atoms with van der Waals surface area (Å²) in [7, 11) is 0. The Bertz CT molecular complexity index is 592. The molecule has 0 spiro atoms. The molecule has 0 bridgehead atoms. The molecule has 1 aromatic heterocycles. The van der Waals surface area contributed by atoms with Crippen LogP contribution in [0.4, 0.5) is 10.3 Å². The number of benzene rings is 1. The number of nitrogens with one attached hydrogen (secondary N) is 1. The highest BCUT2D eigenvalue weighted by Crippen LogP contribution is 2.28. The molecule has 0 unspecified atom stereocenters. The summed E-state index contributed by atoms with van der Waals surface area (Å²) in [5, 5.41) is 3.41. The van der Waals surface area contributed by atoms with Gasteiger partial charge in [-0.15, -0.1) is 0 Å². The normalized spacial score (nSPS) is 10.3. The summed E-state index contributed by atoms with van der Waals surface area (Å²) >= 11 is 5.88. The number of aryl methyl sites for hydroxylation is 1. The minimum atomic E-state index is -0.624. The molecule has 1 N–H and O–H groups in total. The maximum absolute atomic E-state index is 13.6. The van der Waals surface area contributed by atoms with E-state index < -0.39 is 5.82 Å². The zero-order chi connectivity index (χ0) is 13.8. The van der Waals surface area contributed by atoms with Gasteiger partial charge in [0.15, 0.2) is 0 Å². The number of rotatable bonds is 4. The van der Waals surface area contributed by atoms with E-state index in [4.69, 9.17) is 16.3 Å². The van der Waals surface area contributed by atoms with Crippen molar-refractivity contribution in [2.75, 3.05) is 11.9 Å². The van der Waals surface area contributed by atoms with Crippen molar-refractivity contribution in [3.05, 3.63) is 40.8 Å². The molecule has 2 aromatic rings. The zero-order valence-corrected chi connectivity index (χ0v) is 11.3. The molecule has 0 saturated heterocycles. The molecule has 0 saturated carbocycles. The molecule has 2 rings (SSSR count). The monoisotopic (exact) mass is 281 g/mol. The van der Waals surface area contributed by atoms with Crippen molar-refractivity contribution >= 4 is 17.5 Å². The van der Waals surface area contributed by atoms with Gasteiger partial charge in [0.1, 0.15) is 5.75 Å². The lowest BCUT2D eigenvalue weighted by Gasteiger charge is -2.10. The molecule has 4 nitrogen and oxygen atoms in total. The Labute approximate surface area is 115 Å². The first-order valence-electron chi connectivity index (χ1n) is 5.80. The molecule has 0 aliphatic heterocycles. The number of hydrogen-bond acceptors (Lipinski definition) is 4. The first-order chi connectivity index (χ1) is 9.10. The van der Waals surface area contributed by atoms with Gasteiger partial charge in [-0.1, -0.05) is 17.7 Å². The van der Waals surface area contributed by atoms with Crippen molar-refractivity contribution in [2.24, 2.45) is 0 Å². The van der Waals surface area contributed by atoms with E-state index in [9.17, 15) is 4.39 Å². The van der Waals surface area contributed by atoms with Crippen LogP contribution in [0.2, 0.25) is 5.02 Å². The molecule has 0 radical (unpaired) electrons. The van der Waals surface area contributed by atoms with Gasteiger partial charge < -0.3 is 10.1 Å². The zero-order valence-electron chi connectivity index (χ0n) is 10.6. The van der Waals surface area contributed by atoms with Crippen molar-refractivity contribution in [3.8, 4) is 11.6 Å². The van der Waals surface area contributed by atoms with Crippen molar-refractivity contribution in [1.82, 2.24) is 9.97 Å². The molecule has 6 heteroatoms. The molecular formula is C13H13ClFN3O. The predicted molar refractivity (Wildman–Crippen MR) is 72.4 cm³/mol. The van der Waals surface area contributed by atoms with Gasteiger partial charge in [0, 0.05) is 11.6 Å². The van der Waals surface area contributed by atoms with E-state index in [1.54, 1.807) is 18.2 Å². The summed E-state index contributed by atoms with van der Waals surface area (Å²) in [6.07, 6.45) is 1.07. The summed E-state index contributed by atoms with van der Waals surface area (Å²) in [6.45, 7) is 4.38. The SMILES string of the molecule is CCNc1ncc(F)c(Oc2cc(Cl)ccc2C)n1. The number of anilines is 1. The van der Waals surface area contributed by atoms with E-state index in [1.165, 1.54) is 0 Å². The third-order valence-electron chi connectivity index (χ3n) is 2.40. The minimum absolute atomic E-state index is 0.128. The van der Waals surface area contributed by atoms with Crippen LogP contribution in [0.25, 0.3) is 0 Å². The first-order valence-corrected chi connectivity index (χ1v) is 6.18. The van der Waals surface area contributed by atoms with Gasteiger partial charge in [0.2, 0.25) is 11.8 Å². The molecule has 1 aromatic carbocycles. The second kappa shape index (κ2) is 5.84. The molecule has 0 atom stereocenters. The Morgan fingerprint density at radius 3 is 2.95 bits per heavy atom.